The summed E-state index contributed by atoms with van der Waals surface area (Å²) in [5, 5.41) is 8.62. The van der Waals surface area contributed by atoms with Crippen LogP contribution in [0.2, 0.25) is 0 Å². The van der Waals surface area contributed by atoms with Crippen LogP contribution in [0, 0.1) is 0 Å². The van der Waals surface area contributed by atoms with Crippen LogP contribution >= 0.6 is 0 Å². The number of hydrogen-bond acceptors (Lipinski definition) is 3. The molecule has 2 heterocycles. The van der Waals surface area contributed by atoms with Gasteiger partial charge in [0, 0.05) is 18.6 Å². The fourth-order valence-electron chi connectivity index (χ4n) is 2.03. The summed E-state index contributed by atoms with van der Waals surface area (Å²) in [6.45, 7) is 2.07. The van der Waals surface area contributed by atoms with Crippen molar-refractivity contribution in [3.8, 4) is 0 Å². The highest BCUT2D eigenvalue weighted by Crippen LogP contribution is 2.25. The SMILES string of the molecule is CC(Nc1cnn(C)c1)c1cc2ccccc2o1. The van der Waals surface area contributed by atoms with Gasteiger partial charge in [0.05, 0.1) is 17.9 Å². The Kier molecular flexibility index (Phi) is 2.55. The average Bonchev–Trinajstić information content (AvgIpc) is 2.95. The van der Waals surface area contributed by atoms with Gasteiger partial charge in [-0.2, -0.15) is 5.10 Å². The zero-order valence-electron chi connectivity index (χ0n) is 10.4. The Morgan fingerprint density at radius 1 is 1.33 bits per heavy atom. The summed E-state index contributed by atoms with van der Waals surface area (Å²) < 4.78 is 7.59. The lowest BCUT2D eigenvalue weighted by atomic mass is 10.2. The Hall–Kier alpha value is -2.23. The molecule has 0 spiro atoms. The fourth-order valence-corrected chi connectivity index (χ4v) is 2.03. The standard InChI is InChI=1S/C14H15N3O/c1-10(16-12-8-15-17(2)9-12)14-7-11-5-3-4-6-13(11)18-14/h3-10,16H,1-2H3. The second-order valence-corrected chi connectivity index (χ2v) is 4.46. The van der Waals surface area contributed by atoms with E-state index in [4.69, 9.17) is 4.42 Å². The summed E-state index contributed by atoms with van der Waals surface area (Å²) in [5.41, 5.74) is 1.91. The number of nitrogens with zero attached hydrogens (tertiary/aromatic N) is 2. The molecule has 4 nitrogen and oxygen atoms in total. The van der Waals surface area contributed by atoms with E-state index in [9.17, 15) is 0 Å². The molecule has 1 atom stereocenters. The smallest absolute Gasteiger partial charge is 0.134 e. The lowest BCUT2D eigenvalue weighted by Crippen LogP contribution is -2.04. The van der Waals surface area contributed by atoms with Crippen LogP contribution in [0.4, 0.5) is 5.69 Å². The van der Waals surface area contributed by atoms with Crippen LogP contribution in [0.3, 0.4) is 0 Å². The molecule has 1 N–H and O–H groups in total. The minimum absolute atomic E-state index is 0.113. The highest BCUT2D eigenvalue weighted by Gasteiger charge is 2.11. The molecule has 18 heavy (non-hydrogen) atoms. The maximum atomic E-state index is 5.82. The third-order valence-electron chi connectivity index (χ3n) is 2.96. The van der Waals surface area contributed by atoms with Gasteiger partial charge in [-0.3, -0.25) is 4.68 Å². The zero-order chi connectivity index (χ0) is 12.5. The van der Waals surface area contributed by atoms with Gasteiger partial charge in [0.25, 0.3) is 0 Å². The molecule has 0 aliphatic rings. The zero-order valence-corrected chi connectivity index (χ0v) is 10.4. The summed E-state index contributed by atoms with van der Waals surface area (Å²) in [4.78, 5) is 0. The number of aryl methyl sites for hydroxylation is 1. The second-order valence-electron chi connectivity index (χ2n) is 4.46. The molecule has 2 aromatic heterocycles. The van der Waals surface area contributed by atoms with Crippen LogP contribution in [0.5, 0.6) is 0 Å². The molecule has 1 aromatic carbocycles. The molecule has 0 aliphatic carbocycles. The van der Waals surface area contributed by atoms with E-state index in [0.29, 0.717) is 0 Å². The first-order valence-electron chi connectivity index (χ1n) is 5.96. The minimum atomic E-state index is 0.113. The Morgan fingerprint density at radius 3 is 2.89 bits per heavy atom. The summed E-state index contributed by atoms with van der Waals surface area (Å²) >= 11 is 0. The molecule has 0 bridgehead atoms. The van der Waals surface area contributed by atoms with Gasteiger partial charge in [-0.25, -0.2) is 0 Å². The third-order valence-corrected chi connectivity index (χ3v) is 2.96. The second kappa shape index (κ2) is 4.22. The predicted molar refractivity (Wildman–Crippen MR) is 71.5 cm³/mol. The van der Waals surface area contributed by atoms with Gasteiger partial charge in [-0.1, -0.05) is 18.2 Å². The van der Waals surface area contributed by atoms with Crippen molar-refractivity contribution < 1.29 is 4.42 Å². The van der Waals surface area contributed by atoms with E-state index in [1.54, 1.807) is 10.9 Å². The van der Waals surface area contributed by atoms with Crippen LogP contribution < -0.4 is 5.32 Å². The Labute approximate surface area is 105 Å². The molecular weight excluding hydrogens is 226 g/mol. The van der Waals surface area contributed by atoms with Crippen molar-refractivity contribution in [1.82, 2.24) is 9.78 Å². The number of fused-ring (bicyclic) bond motifs is 1. The lowest BCUT2D eigenvalue weighted by molar-refractivity contribution is 0.526. The summed E-state index contributed by atoms with van der Waals surface area (Å²) in [7, 11) is 1.90. The topological polar surface area (TPSA) is 43.0 Å². The largest absolute Gasteiger partial charge is 0.459 e. The molecule has 3 aromatic rings. The first-order valence-corrected chi connectivity index (χ1v) is 5.96. The number of nitrogens with one attached hydrogen (secondary N) is 1. The summed E-state index contributed by atoms with van der Waals surface area (Å²) in [6, 6.07) is 10.2. The number of hydrogen-bond donors (Lipinski definition) is 1. The maximum absolute atomic E-state index is 5.82. The quantitative estimate of drug-likeness (QED) is 0.764. The van der Waals surface area contributed by atoms with E-state index in [1.165, 1.54) is 0 Å². The van der Waals surface area contributed by atoms with E-state index < -0.39 is 0 Å². The third kappa shape index (κ3) is 1.97. The highest BCUT2D eigenvalue weighted by molar-refractivity contribution is 5.77. The van der Waals surface area contributed by atoms with Crippen molar-refractivity contribution in [3.63, 3.8) is 0 Å². The van der Waals surface area contributed by atoms with Crippen molar-refractivity contribution in [3.05, 3.63) is 48.5 Å². The van der Waals surface area contributed by atoms with Gasteiger partial charge < -0.3 is 9.73 Å². The van der Waals surface area contributed by atoms with Gasteiger partial charge in [-0.15, -0.1) is 0 Å². The van der Waals surface area contributed by atoms with E-state index in [-0.39, 0.29) is 6.04 Å². The number of furan rings is 1. The van der Waals surface area contributed by atoms with Gasteiger partial charge in [0.2, 0.25) is 0 Å². The van der Waals surface area contributed by atoms with E-state index in [2.05, 4.69) is 29.5 Å². The van der Waals surface area contributed by atoms with E-state index in [0.717, 1.165) is 22.4 Å². The molecule has 3 rings (SSSR count). The number of anilines is 1. The molecular formula is C14H15N3O. The van der Waals surface area contributed by atoms with Gasteiger partial charge in [-0.05, 0) is 19.1 Å². The minimum Gasteiger partial charge on any atom is -0.459 e. The van der Waals surface area contributed by atoms with Crippen LogP contribution in [0.15, 0.2) is 47.1 Å². The Balaban J connectivity index is 1.85. The first kappa shape index (κ1) is 10.9. The number of benzene rings is 1. The monoisotopic (exact) mass is 241 g/mol. The molecule has 92 valence electrons. The van der Waals surface area contributed by atoms with Crippen LogP contribution in [0.25, 0.3) is 11.0 Å². The fraction of sp³-hybridized carbons (Fsp3) is 0.214. The van der Waals surface area contributed by atoms with Crippen molar-refractivity contribution in [2.45, 2.75) is 13.0 Å². The van der Waals surface area contributed by atoms with Gasteiger partial charge in [0.1, 0.15) is 11.3 Å². The molecule has 0 fully saturated rings. The van der Waals surface area contributed by atoms with Gasteiger partial charge >= 0.3 is 0 Å². The highest BCUT2D eigenvalue weighted by atomic mass is 16.3. The van der Waals surface area contributed by atoms with Gasteiger partial charge in [0.15, 0.2) is 0 Å². The number of rotatable bonds is 3. The number of aromatic nitrogens is 2. The van der Waals surface area contributed by atoms with E-state index in [1.807, 2.05) is 31.4 Å². The summed E-state index contributed by atoms with van der Waals surface area (Å²) in [6.07, 6.45) is 3.75. The molecule has 0 saturated carbocycles. The number of para-hydroxylation sites is 1. The Bertz CT molecular complexity index is 635. The maximum Gasteiger partial charge on any atom is 0.134 e. The first-order chi connectivity index (χ1) is 8.72. The van der Waals surface area contributed by atoms with Crippen molar-refractivity contribution in [1.29, 1.82) is 0 Å². The predicted octanol–water partition coefficient (Wildman–Crippen LogP) is 3.34. The van der Waals surface area contributed by atoms with Crippen molar-refractivity contribution in [2.75, 3.05) is 5.32 Å². The van der Waals surface area contributed by atoms with Crippen LogP contribution in [-0.2, 0) is 7.05 Å². The molecule has 1 unspecified atom stereocenters. The van der Waals surface area contributed by atoms with E-state index >= 15 is 0 Å². The lowest BCUT2D eigenvalue weighted by Gasteiger charge is -2.10. The molecule has 4 heteroatoms. The van der Waals surface area contributed by atoms with Crippen molar-refractivity contribution >= 4 is 16.7 Å². The Morgan fingerprint density at radius 2 is 2.17 bits per heavy atom. The van der Waals surface area contributed by atoms with Crippen LogP contribution in [0.1, 0.15) is 18.7 Å². The molecule has 0 saturated heterocycles. The molecule has 0 radical (unpaired) electrons. The molecule has 0 aliphatic heterocycles. The summed E-state index contributed by atoms with van der Waals surface area (Å²) in [5.74, 6) is 0.931. The van der Waals surface area contributed by atoms with Crippen molar-refractivity contribution in [2.24, 2.45) is 7.05 Å². The average molecular weight is 241 g/mol. The molecule has 0 amide bonds. The normalized spacial score (nSPS) is 12.8. The van der Waals surface area contributed by atoms with Crippen LogP contribution in [-0.4, -0.2) is 9.78 Å².